The van der Waals surface area contributed by atoms with Crippen molar-refractivity contribution in [3.05, 3.63) is 65.2 Å². The van der Waals surface area contributed by atoms with Crippen molar-refractivity contribution in [2.75, 3.05) is 11.4 Å². The maximum atomic E-state index is 13.6. The Kier molecular flexibility index (Phi) is 6.21. The summed E-state index contributed by atoms with van der Waals surface area (Å²) < 4.78 is 0. The fourth-order valence-corrected chi connectivity index (χ4v) is 4.75. The second-order valence-corrected chi connectivity index (χ2v) is 8.86. The summed E-state index contributed by atoms with van der Waals surface area (Å²) in [4.78, 5) is 43.3. The summed E-state index contributed by atoms with van der Waals surface area (Å²) in [6.45, 7) is 4.00. The van der Waals surface area contributed by atoms with E-state index in [9.17, 15) is 14.4 Å². The summed E-state index contributed by atoms with van der Waals surface area (Å²) in [6.07, 6.45) is 5.10. The predicted octanol–water partition coefficient (Wildman–Crippen LogP) is 4.45. The molecule has 4 rings (SSSR count). The number of carbonyl (C=O) groups is 3. The largest absolute Gasteiger partial charge is 0.326 e. The minimum absolute atomic E-state index is 0.0203. The van der Waals surface area contributed by atoms with E-state index in [-0.39, 0.29) is 36.6 Å². The monoisotopic (exact) mass is 418 g/mol. The van der Waals surface area contributed by atoms with Gasteiger partial charge in [0, 0.05) is 23.7 Å². The molecule has 31 heavy (non-hydrogen) atoms. The molecule has 2 amide bonds. The maximum absolute atomic E-state index is 13.6. The Morgan fingerprint density at radius 1 is 0.871 bits per heavy atom. The minimum atomic E-state index is -0.751. The Labute approximate surface area is 184 Å². The average Bonchev–Trinajstić information content (AvgIpc) is 2.78. The van der Waals surface area contributed by atoms with Crippen LogP contribution in [-0.2, 0) is 9.59 Å². The fraction of sp³-hybridized carbons (Fsp3) is 0.423. The number of piperazine rings is 1. The minimum Gasteiger partial charge on any atom is -0.326 e. The number of anilines is 1. The van der Waals surface area contributed by atoms with Crippen LogP contribution in [0.2, 0.25) is 0 Å². The topological polar surface area (TPSA) is 57.7 Å². The summed E-state index contributed by atoms with van der Waals surface area (Å²) in [6, 6.07) is 14.3. The third kappa shape index (κ3) is 4.55. The summed E-state index contributed by atoms with van der Waals surface area (Å²) in [5, 5.41) is 0. The number of ketones is 1. The van der Waals surface area contributed by atoms with Crippen LogP contribution in [0.5, 0.6) is 0 Å². The Bertz CT molecular complexity index is 959. The second kappa shape index (κ2) is 9.04. The maximum Gasteiger partial charge on any atom is 0.250 e. The van der Waals surface area contributed by atoms with Gasteiger partial charge in [0.05, 0.1) is 0 Å². The molecule has 162 valence electrons. The van der Waals surface area contributed by atoms with E-state index in [0.717, 1.165) is 43.2 Å². The third-order valence-corrected chi connectivity index (χ3v) is 6.53. The van der Waals surface area contributed by atoms with Crippen molar-refractivity contribution in [3.63, 3.8) is 0 Å². The lowest BCUT2D eigenvalue weighted by molar-refractivity contribution is -0.146. The van der Waals surface area contributed by atoms with Crippen LogP contribution in [0.25, 0.3) is 0 Å². The van der Waals surface area contributed by atoms with E-state index in [0.29, 0.717) is 11.3 Å². The summed E-state index contributed by atoms with van der Waals surface area (Å²) >= 11 is 0. The van der Waals surface area contributed by atoms with Crippen LogP contribution in [0.15, 0.2) is 48.5 Å². The first kappa shape index (κ1) is 21.3. The normalized spacial score (nSPS) is 20.3. The quantitative estimate of drug-likeness (QED) is 0.674. The molecule has 5 nitrogen and oxygen atoms in total. The molecule has 0 N–H and O–H groups in total. The van der Waals surface area contributed by atoms with Crippen LogP contribution in [0, 0.1) is 13.8 Å². The zero-order valence-electron chi connectivity index (χ0n) is 18.3. The van der Waals surface area contributed by atoms with Gasteiger partial charge in [0.15, 0.2) is 5.78 Å². The van der Waals surface area contributed by atoms with Crippen molar-refractivity contribution in [3.8, 4) is 0 Å². The molecule has 1 heterocycles. The highest BCUT2D eigenvalue weighted by Gasteiger charge is 2.44. The molecular weight excluding hydrogens is 388 g/mol. The first-order chi connectivity index (χ1) is 14.9. The zero-order chi connectivity index (χ0) is 22.0. The highest BCUT2D eigenvalue weighted by molar-refractivity contribution is 6.09. The van der Waals surface area contributed by atoms with Crippen molar-refractivity contribution in [1.82, 2.24) is 4.90 Å². The van der Waals surface area contributed by atoms with Gasteiger partial charge in [-0.25, -0.2) is 0 Å². The molecule has 1 aliphatic heterocycles. The van der Waals surface area contributed by atoms with Crippen LogP contribution < -0.4 is 4.90 Å². The second-order valence-electron chi connectivity index (χ2n) is 8.86. The van der Waals surface area contributed by atoms with Crippen molar-refractivity contribution in [2.45, 2.75) is 64.5 Å². The van der Waals surface area contributed by atoms with Gasteiger partial charge in [0.25, 0.3) is 5.91 Å². The summed E-state index contributed by atoms with van der Waals surface area (Å²) in [5.74, 6) is -0.319. The van der Waals surface area contributed by atoms with Gasteiger partial charge < -0.3 is 9.80 Å². The zero-order valence-corrected chi connectivity index (χ0v) is 18.3. The highest BCUT2D eigenvalue weighted by Crippen LogP contribution is 2.31. The molecule has 1 unspecified atom stereocenters. The third-order valence-electron chi connectivity index (χ3n) is 6.53. The molecule has 0 spiro atoms. The van der Waals surface area contributed by atoms with E-state index >= 15 is 0 Å². The number of rotatable bonds is 5. The lowest BCUT2D eigenvalue weighted by atomic mass is 9.90. The molecule has 0 aromatic heterocycles. The van der Waals surface area contributed by atoms with E-state index in [1.54, 1.807) is 21.9 Å². The molecular formula is C26H30N2O3. The van der Waals surface area contributed by atoms with E-state index in [4.69, 9.17) is 0 Å². The number of hydrogen-bond donors (Lipinski definition) is 0. The van der Waals surface area contributed by atoms with Crippen molar-refractivity contribution in [2.24, 2.45) is 0 Å². The Morgan fingerprint density at radius 3 is 2.06 bits per heavy atom. The van der Waals surface area contributed by atoms with E-state index in [2.05, 4.69) is 0 Å². The van der Waals surface area contributed by atoms with Crippen LogP contribution in [-0.4, -0.2) is 41.1 Å². The van der Waals surface area contributed by atoms with Gasteiger partial charge in [-0.05, 0) is 38.8 Å². The number of carbonyl (C=O) groups excluding carboxylic acids is 3. The average molecular weight is 419 g/mol. The van der Waals surface area contributed by atoms with E-state index < -0.39 is 6.04 Å². The Morgan fingerprint density at radius 2 is 1.45 bits per heavy atom. The first-order valence-corrected chi connectivity index (χ1v) is 11.2. The summed E-state index contributed by atoms with van der Waals surface area (Å²) in [5.41, 5.74) is 3.46. The molecule has 5 heteroatoms. The molecule has 1 atom stereocenters. The number of benzene rings is 2. The smallest absolute Gasteiger partial charge is 0.250 e. The molecule has 1 saturated heterocycles. The number of Topliss-reactive ketones (excluding diaryl/α,β-unsaturated/α-hetero) is 1. The van der Waals surface area contributed by atoms with Gasteiger partial charge in [-0.15, -0.1) is 0 Å². The number of nitrogens with zero attached hydrogens (tertiary/aromatic N) is 2. The van der Waals surface area contributed by atoms with Crippen molar-refractivity contribution in [1.29, 1.82) is 0 Å². The lowest BCUT2D eigenvalue weighted by Crippen LogP contribution is -2.63. The summed E-state index contributed by atoms with van der Waals surface area (Å²) in [7, 11) is 0. The molecule has 2 aromatic rings. The number of aryl methyl sites for hydroxylation is 2. The molecule has 1 saturated carbocycles. The molecule has 0 radical (unpaired) electrons. The first-order valence-electron chi connectivity index (χ1n) is 11.2. The van der Waals surface area contributed by atoms with Crippen LogP contribution >= 0.6 is 0 Å². The van der Waals surface area contributed by atoms with Crippen molar-refractivity contribution < 1.29 is 14.4 Å². The standard InChI is InChI=1S/C26H30N2O3/c1-18-8-12-20(13-9-18)24(29)16-23-26(31)27(21-14-10-19(2)11-15-21)17-25(30)28(23)22-6-4-3-5-7-22/h8-15,22-23H,3-7,16-17H2,1-2H3. The van der Waals surface area contributed by atoms with Gasteiger partial charge in [-0.2, -0.15) is 0 Å². The Hall–Kier alpha value is -2.95. The van der Waals surface area contributed by atoms with Gasteiger partial charge in [-0.1, -0.05) is 66.8 Å². The van der Waals surface area contributed by atoms with E-state index in [1.165, 1.54) is 0 Å². The van der Waals surface area contributed by atoms with Gasteiger partial charge in [-0.3, -0.25) is 14.4 Å². The van der Waals surface area contributed by atoms with Crippen LogP contribution in [0.4, 0.5) is 5.69 Å². The molecule has 1 aliphatic carbocycles. The SMILES string of the molecule is Cc1ccc(C(=O)CC2C(=O)N(c3ccc(C)cc3)CC(=O)N2C2CCCCC2)cc1. The van der Waals surface area contributed by atoms with Gasteiger partial charge in [0.1, 0.15) is 12.6 Å². The van der Waals surface area contributed by atoms with Crippen LogP contribution in [0.3, 0.4) is 0 Å². The molecule has 2 aliphatic rings. The molecule has 0 bridgehead atoms. The van der Waals surface area contributed by atoms with Crippen LogP contribution in [0.1, 0.15) is 60.0 Å². The number of hydrogen-bond acceptors (Lipinski definition) is 3. The van der Waals surface area contributed by atoms with Crippen molar-refractivity contribution >= 4 is 23.3 Å². The highest BCUT2D eigenvalue weighted by atomic mass is 16.2. The number of amides is 2. The lowest BCUT2D eigenvalue weighted by Gasteiger charge is -2.45. The van der Waals surface area contributed by atoms with E-state index in [1.807, 2.05) is 50.2 Å². The fourth-order valence-electron chi connectivity index (χ4n) is 4.75. The molecule has 2 aromatic carbocycles. The predicted molar refractivity (Wildman–Crippen MR) is 121 cm³/mol. The Balaban J connectivity index is 1.64. The molecule has 2 fully saturated rings. The van der Waals surface area contributed by atoms with Gasteiger partial charge in [0.2, 0.25) is 5.91 Å². The van der Waals surface area contributed by atoms with Gasteiger partial charge >= 0.3 is 0 Å².